The third kappa shape index (κ3) is 6.15. The summed E-state index contributed by atoms with van der Waals surface area (Å²) in [7, 11) is 0. The van der Waals surface area contributed by atoms with Crippen molar-refractivity contribution >= 4 is 47.2 Å². The SMILES string of the molecule is Cl.FC(F)(F)CC[C@@H](c1cc(Cl)cc(Cl)c1Cl)N1CCNCC1. The molecule has 23 heavy (non-hydrogen) atoms. The summed E-state index contributed by atoms with van der Waals surface area (Å²) in [6.45, 7) is 2.77. The second kappa shape index (κ2) is 8.97. The molecule has 1 atom stereocenters. The van der Waals surface area contributed by atoms with Crippen LogP contribution < -0.4 is 5.32 Å². The molecular weight excluding hydrogens is 395 g/mol. The van der Waals surface area contributed by atoms with Gasteiger partial charge in [-0.2, -0.15) is 13.2 Å². The van der Waals surface area contributed by atoms with E-state index < -0.39 is 18.6 Å². The van der Waals surface area contributed by atoms with E-state index in [-0.39, 0.29) is 28.9 Å². The maximum atomic E-state index is 12.6. The highest BCUT2D eigenvalue weighted by atomic mass is 35.5. The molecular formula is C14H17Cl4F3N2. The van der Waals surface area contributed by atoms with Crippen LogP contribution in [0.15, 0.2) is 12.1 Å². The molecule has 0 aliphatic carbocycles. The number of halogens is 7. The second-order valence-electron chi connectivity index (χ2n) is 5.25. The van der Waals surface area contributed by atoms with Crippen molar-refractivity contribution in [2.45, 2.75) is 25.1 Å². The van der Waals surface area contributed by atoms with Gasteiger partial charge in [-0.25, -0.2) is 0 Å². The van der Waals surface area contributed by atoms with Gasteiger partial charge >= 0.3 is 6.18 Å². The van der Waals surface area contributed by atoms with Crippen LogP contribution in [0.25, 0.3) is 0 Å². The molecule has 1 N–H and O–H groups in total. The van der Waals surface area contributed by atoms with Crippen molar-refractivity contribution in [3.8, 4) is 0 Å². The minimum atomic E-state index is -4.21. The Balaban J connectivity index is 0.00000264. The van der Waals surface area contributed by atoms with Crippen LogP contribution in [-0.2, 0) is 0 Å². The van der Waals surface area contributed by atoms with Gasteiger partial charge in [0, 0.05) is 43.7 Å². The number of hydrogen-bond donors (Lipinski definition) is 1. The highest BCUT2D eigenvalue weighted by Gasteiger charge is 2.32. The fourth-order valence-electron chi connectivity index (χ4n) is 2.65. The van der Waals surface area contributed by atoms with Crippen LogP contribution in [0.1, 0.15) is 24.4 Å². The van der Waals surface area contributed by atoms with Gasteiger partial charge in [0.2, 0.25) is 0 Å². The number of nitrogens with one attached hydrogen (secondary N) is 1. The first kappa shape index (κ1) is 21.1. The van der Waals surface area contributed by atoms with Crippen LogP contribution in [0.3, 0.4) is 0 Å². The average Bonchev–Trinajstić information content (AvgIpc) is 2.44. The van der Waals surface area contributed by atoms with E-state index in [1.54, 1.807) is 6.07 Å². The van der Waals surface area contributed by atoms with Crippen LogP contribution in [0, 0.1) is 0 Å². The van der Waals surface area contributed by atoms with E-state index in [0.717, 1.165) is 13.1 Å². The Labute approximate surface area is 154 Å². The molecule has 1 saturated heterocycles. The molecule has 1 fully saturated rings. The second-order valence-corrected chi connectivity index (χ2v) is 6.47. The van der Waals surface area contributed by atoms with Crippen molar-refractivity contribution in [1.82, 2.24) is 10.2 Å². The Morgan fingerprint density at radius 3 is 2.30 bits per heavy atom. The third-order valence-electron chi connectivity index (χ3n) is 3.67. The Hall–Kier alpha value is 0.0900. The van der Waals surface area contributed by atoms with Gasteiger partial charge < -0.3 is 5.32 Å². The van der Waals surface area contributed by atoms with Crippen molar-refractivity contribution < 1.29 is 13.2 Å². The van der Waals surface area contributed by atoms with Gasteiger partial charge in [-0.3, -0.25) is 4.90 Å². The number of hydrogen-bond acceptors (Lipinski definition) is 2. The zero-order valence-corrected chi connectivity index (χ0v) is 15.2. The topological polar surface area (TPSA) is 15.3 Å². The lowest BCUT2D eigenvalue weighted by Gasteiger charge is -2.36. The first-order chi connectivity index (χ1) is 10.3. The van der Waals surface area contributed by atoms with E-state index >= 15 is 0 Å². The Morgan fingerprint density at radius 2 is 1.74 bits per heavy atom. The highest BCUT2D eigenvalue weighted by molar-refractivity contribution is 6.43. The average molecular weight is 412 g/mol. The first-order valence-electron chi connectivity index (χ1n) is 6.94. The molecule has 0 unspecified atom stereocenters. The summed E-state index contributed by atoms with van der Waals surface area (Å²) >= 11 is 18.2. The molecule has 0 aromatic heterocycles. The number of nitrogens with zero attached hydrogens (tertiary/aromatic N) is 1. The molecule has 1 heterocycles. The monoisotopic (exact) mass is 410 g/mol. The molecule has 0 saturated carbocycles. The summed E-state index contributed by atoms with van der Waals surface area (Å²) in [5.74, 6) is 0. The molecule has 0 radical (unpaired) electrons. The van der Waals surface area contributed by atoms with E-state index in [1.807, 2.05) is 4.90 Å². The molecule has 1 aliphatic heterocycles. The van der Waals surface area contributed by atoms with Crippen molar-refractivity contribution in [2.75, 3.05) is 26.2 Å². The highest BCUT2D eigenvalue weighted by Crippen LogP contribution is 2.39. The third-order valence-corrected chi connectivity index (χ3v) is 4.71. The fraction of sp³-hybridized carbons (Fsp3) is 0.571. The molecule has 0 bridgehead atoms. The number of rotatable bonds is 4. The Bertz CT molecular complexity index is 519. The minimum absolute atomic E-state index is 0. The lowest BCUT2D eigenvalue weighted by molar-refractivity contribution is -0.138. The lowest BCUT2D eigenvalue weighted by atomic mass is 9.99. The fourth-order valence-corrected chi connectivity index (χ4v) is 3.39. The van der Waals surface area contributed by atoms with Gasteiger partial charge in [0.25, 0.3) is 0 Å². The van der Waals surface area contributed by atoms with Gasteiger partial charge in [-0.15, -0.1) is 12.4 Å². The predicted molar refractivity (Wildman–Crippen MR) is 91.2 cm³/mol. The zero-order chi connectivity index (χ0) is 16.3. The Kier molecular flexibility index (Phi) is 8.25. The van der Waals surface area contributed by atoms with E-state index in [4.69, 9.17) is 34.8 Å². The van der Waals surface area contributed by atoms with Crippen LogP contribution in [-0.4, -0.2) is 37.3 Å². The van der Waals surface area contributed by atoms with Gasteiger partial charge in [0.1, 0.15) is 0 Å². The summed E-state index contributed by atoms with van der Waals surface area (Å²) in [5, 5.41) is 4.09. The first-order valence-corrected chi connectivity index (χ1v) is 8.07. The van der Waals surface area contributed by atoms with E-state index in [9.17, 15) is 13.2 Å². The minimum Gasteiger partial charge on any atom is -0.314 e. The van der Waals surface area contributed by atoms with E-state index in [1.165, 1.54) is 6.07 Å². The van der Waals surface area contributed by atoms with Gasteiger partial charge in [0.15, 0.2) is 0 Å². The zero-order valence-electron chi connectivity index (χ0n) is 12.1. The summed E-state index contributed by atoms with van der Waals surface area (Å²) < 4.78 is 37.9. The maximum Gasteiger partial charge on any atom is 0.389 e. The molecule has 1 aromatic carbocycles. The van der Waals surface area contributed by atoms with Gasteiger partial charge in [-0.1, -0.05) is 34.8 Å². The smallest absolute Gasteiger partial charge is 0.314 e. The van der Waals surface area contributed by atoms with Crippen LogP contribution >= 0.6 is 47.2 Å². The summed E-state index contributed by atoms with van der Waals surface area (Å²) in [4.78, 5) is 2.00. The molecule has 2 nitrogen and oxygen atoms in total. The quantitative estimate of drug-likeness (QED) is 0.671. The number of alkyl halides is 3. The summed E-state index contributed by atoms with van der Waals surface area (Å²) in [5.41, 5.74) is 0.560. The van der Waals surface area contributed by atoms with E-state index in [2.05, 4.69) is 5.32 Å². The van der Waals surface area contributed by atoms with Crippen LogP contribution in [0.2, 0.25) is 15.1 Å². The van der Waals surface area contributed by atoms with Gasteiger partial charge in [-0.05, 0) is 24.1 Å². The van der Waals surface area contributed by atoms with Crippen molar-refractivity contribution in [3.63, 3.8) is 0 Å². The lowest BCUT2D eigenvalue weighted by Crippen LogP contribution is -2.45. The number of piperazine rings is 1. The Morgan fingerprint density at radius 1 is 1.13 bits per heavy atom. The van der Waals surface area contributed by atoms with Crippen LogP contribution in [0.5, 0.6) is 0 Å². The maximum absolute atomic E-state index is 12.6. The van der Waals surface area contributed by atoms with Crippen LogP contribution in [0.4, 0.5) is 13.2 Å². The molecule has 9 heteroatoms. The molecule has 132 valence electrons. The van der Waals surface area contributed by atoms with Gasteiger partial charge in [0.05, 0.1) is 10.0 Å². The standard InChI is InChI=1S/C14H16Cl3F3N2.ClH/c15-9-7-10(13(17)11(16)8-9)12(1-2-14(18,19)20)22-5-3-21-4-6-22;/h7-8,12,21H,1-6H2;1H/t12-;/m0./s1. The number of benzene rings is 1. The van der Waals surface area contributed by atoms with Crippen molar-refractivity contribution in [3.05, 3.63) is 32.8 Å². The largest absolute Gasteiger partial charge is 0.389 e. The molecule has 1 aromatic rings. The molecule has 0 spiro atoms. The summed E-state index contributed by atoms with van der Waals surface area (Å²) in [6, 6.07) is 2.65. The molecule has 0 amide bonds. The molecule has 1 aliphatic rings. The predicted octanol–water partition coefficient (Wildman–Crippen LogP) is 5.36. The normalized spacial score (nSPS) is 17.7. The molecule has 2 rings (SSSR count). The summed E-state index contributed by atoms with van der Waals surface area (Å²) in [6.07, 6.45) is -5.15. The van der Waals surface area contributed by atoms with E-state index in [0.29, 0.717) is 23.7 Å². The van der Waals surface area contributed by atoms with Crippen molar-refractivity contribution in [1.29, 1.82) is 0 Å². The van der Waals surface area contributed by atoms with Crippen molar-refractivity contribution in [2.24, 2.45) is 0 Å².